The Labute approximate surface area is 116 Å². The van der Waals surface area contributed by atoms with Crippen molar-refractivity contribution in [2.75, 3.05) is 6.54 Å². The first-order valence-corrected chi connectivity index (χ1v) is 7.16. The van der Waals surface area contributed by atoms with Gasteiger partial charge in [0.15, 0.2) is 0 Å². The number of carboxylic acids is 1. The van der Waals surface area contributed by atoms with E-state index in [1.807, 2.05) is 42.6 Å². The lowest BCUT2D eigenvalue weighted by atomic mass is 9.99. The van der Waals surface area contributed by atoms with Crippen LogP contribution in [0, 0.1) is 0 Å². The van der Waals surface area contributed by atoms with Crippen LogP contribution in [0.1, 0.15) is 30.0 Å². The molecule has 0 fully saturated rings. The molecule has 2 rings (SSSR count). The van der Waals surface area contributed by atoms with Crippen LogP contribution < -0.4 is 5.32 Å². The van der Waals surface area contributed by atoms with Crippen molar-refractivity contribution in [3.63, 3.8) is 0 Å². The molecule has 0 bridgehead atoms. The van der Waals surface area contributed by atoms with Crippen LogP contribution in [0.3, 0.4) is 0 Å². The normalized spacial score (nSPS) is 13.9. The van der Waals surface area contributed by atoms with Crippen molar-refractivity contribution in [3.8, 4) is 0 Å². The van der Waals surface area contributed by atoms with Gasteiger partial charge in [-0.15, -0.1) is 0 Å². The maximum Gasteiger partial charge on any atom is 0.312 e. The summed E-state index contributed by atoms with van der Waals surface area (Å²) in [6.45, 7) is 2.47. The van der Waals surface area contributed by atoms with Gasteiger partial charge in [0.1, 0.15) is 0 Å². The zero-order valence-corrected chi connectivity index (χ0v) is 11.6. The van der Waals surface area contributed by atoms with E-state index in [1.165, 1.54) is 5.56 Å². The molecule has 2 atom stereocenters. The van der Waals surface area contributed by atoms with Gasteiger partial charge in [-0.05, 0) is 34.9 Å². The van der Waals surface area contributed by atoms with E-state index < -0.39 is 11.9 Å². The third-order valence-corrected chi connectivity index (χ3v) is 3.87. The lowest BCUT2D eigenvalue weighted by Crippen LogP contribution is -2.28. The lowest BCUT2D eigenvalue weighted by Gasteiger charge is -2.17. The van der Waals surface area contributed by atoms with Gasteiger partial charge in [-0.1, -0.05) is 30.3 Å². The van der Waals surface area contributed by atoms with Crippen molar-refractivity contribution >= 4 is 17.3 Å². The summed E-state index contributed by atoms with van der Waals surface area (Å²) in [7, 11) is 0. The molecule has 1 aromatic carbocycles. The van der Waals surface area contributed by atoms with Gasteiger partial charge in [0.05, 0.1) is 5.92 Å². The Bertz CT molecular complexity index is 510. The molecule has 1 aromatic heterocycles. The standard InChI is InChI=1S/C15H17NO2S/c1-11(13-7-8-19-10-13)16-9-14(15(17)18)12-5-3-2-4-6-12/h2-8,10-11,14,16H,9H2,1H3,(H,17,18). The molecule has 2 unspecified atom stereocenters. The topological polar surface area (TPSA) is 49.3 Å². The zero-order valence-electron chi connectivity index (χ0n) is 10.7. The van der Waals surface area contributed by atoms with Crippen molar-refractivity contribution in [2.45, 2.75) is 18.9 Å². The summed E-state index contributed by atoms with van der Waals surface area (Å²) in [5.41, 5.74) is 2.03. The second kappa shape index (κ2) is 6.50. The summed E-state index contributed by atoms with van der Waals surface area (Å²) in [6.07, 6.45) is 0. The Morgan fingerprint density at radius 3 is 2.58 bits per heavy atom. The molecule has 19 heavy (non-hydrogen) atoms. The largest absolute Gasteiger partial charge is 0.481 e. The number of aliphatic carboxylic acids is 1. The summed E-state index contributed by atoms with van der Waals surface area (Å²) < 4.78 is 0. The predicted molar refractivity (Wildman–Crippen MR) is 77.6 cm³/mol. The molecule has 2 aromatic rings. The molecule has 2 N–H and O–H groups in total. The molecule has 3 nitrogen and oxygen atoms in total. The SMILES string of the molecule is CC(NCC(C(=O)O)c1ccccc1)c1ccsc1. The highest BCUT2D eigenvalue weighted by Gasteiger charge is 2.20. The van der Waals surface area contributed by atoms with Gasteiger partial charge < -0.3 is 10.4 Å². The highest BCUT2D eigenvalue weighted by atomic mass is 32.1. The van der Waals surface area contributed by atoms with Gasteiger partial charge in [-0.3, -0.25) is 4.79 Å². The molecule has 1 heterocycles. The summed E-state index contributed by atoms with van der Waals surface area (Å²) >= 11 is 1.65. The Hall–Kier alpha value is -1.65. The van der Waals surface area contributed by atoms with Crippen molar-refractivity contribution in [1.82, 2.24) is 5.32 Å². The van der Waals surface area contributed by atoms with Crippen molar-refractivity contribution < 1.29 is 9.90 Å². The average molecular weight is 275 g/mol. The third-order valence-electron chi connectivity index (χ3n) is 3.17. The Morgan fingerprint density at radius 2 is 2.00 bits per heavy atom. The van der Waals surface area contributed by atoms with Crippen LogP contribution in [0.2, 0.25) is 0 Å². The van der Waals surface area contributed by atoms with Gasteiger partial charge in [-0.25, -0.2) is 0 Å². The maximum atomic E-state index is 11.4. The van der Waals surface area contributed by atoms with Gasteiger partial charge in [-0.2, -0.15) is 11.3 Å². The molecule has 0 aliphatic carbocycles. The van der Waals surface area contributed by atoms with Gasteiger partial charge >= 0.3 is 5.97 Å². The van der Waals surface area contributed by atoms with Gasteiger partial charge in [0.2, 0.25) is 0 Å². The molecule has 0 amide bonds. The fraction of sp³-hybridized carbons (Fsp3) is 0.267. The first-order valence-electron chi connectivity index (χ1n) is 6.21. The van der Waals surface area contributed by atoms with E-state index in [0.717, 1.165) is 5.56 Å². The van der Waals surface area contributed by atoms with E-state index in [1.54, 1.807) is 11.3 Å². The third kappa shape index (κ3) is 3.66. The molecular weight excluding hydrogens is 258 g/mol. The summed E-state index contributed by atoms with van der Waals surface area (Å²) in [5, 5.41) is 16.7. The lowest BCUT2D eigenvalue weighted by molar-refractivity contribution is -0.138. The fourth-order valence-electron chi connectivity index (χ4n) is 1.97. The number of rotatable bonds is 6. The first kappa shape index (κ1) is 13.8. The van der Waals surface area contributed by atoms with Crippen LogP contribution in [0.4, 0.5) is 0 Å². The number of carboxylic acid groups (broad SMARTS) is 1. The second-order valence-corrected chi connectivity index (χ2v) is 5.27. The zero-order chi connectivity index (χ0) is 13.7. The number of carbonyl (C=O) groups is 1. The van der Waals surface area contributed by atoms with Crippen LogP contribution in [-0.2, 0) is 4.79 Å². The Kier molecular flexibility index (Phi) is 4.71. The monoisotopic (exact) mass is 275 g/mol. The molecule has 0 saturated carbocycles. The predicted octanol–water partition coefficient (Wildman–Crippen LogP) is 3.27. The van der Waals surface area contributed by atoms with E-state index in [2.05, 4.69) is 16.8 Å². The Balaban J connectivity index is 2.01. The van der Waals surface area contributed by atoms with Crippen LogP contribution >= 0.6 is 11.3 Å². The maximum absolute atomic E-state index is 11.4. The molecule has 0 aliphatic heterocycles. The van der Waals surface area contributed by atoms with E-state index in [4.69, 9.17) is 0 Å². The first-order chi connectivity index (χ1) is 9.18. The van der Waals surface area contributed by atoms with Crippen LogP contribution in [-0.4, -0.2) is 17.6 Å². The van der Waals surface area contributed by atoms with E-state index in [-0.39, 0.29) is 6.04 Å². The van der Waals surface area contributed by atoms with Gasteiger partial charge in [0.25, 0.3) is 0 Å². The molecule has 100 valence electrons. The van der Waals surface area contributed by atoms with E-state index in [0.29, 0.717) is 6.54 Å². The number of benzene rings is 1. The smallest absolute Gasteiger partial charge is 0.312 e. The van der Waals surface area contributed by atoms with Crippen LogP contribution in [0.25, 0.3) is 0 Å². The highest BCUT2D eigenvalue weighted by molar-refractivity contribution is 7.07. The molecule has 0 aliphatic rings. The molecule has 4 heteroatoms. The van der Waals surface area contributed by atoms with E-state index in [9.17, 15) is 9.90 Å². The quantitative estimate of drug-likeness (QED) is 0.850. The number of hydrogen-bond donors (Lipinski definition) is 2. The summed E-state index contributed by atoms with van der Waals surface area (Å²) in [4.78, 5) is 11.4. The summed E-state index contributed by atoms with van der Waals surface area (Å²) in [5.74, 6) is -1.31. The fourth-order valence-corrected chi connectivity index (χ4v) is 2.72. The Morgan fingerprint density at radius 1 is 1.26 bits per heavy atom. The molecular formula is C15H17NO2S. The van der Waals surface area contributed by atoms with Crippen molar-refractivity contribution in [1.29, 1.82) is 0 Å². The summed E-state index contributed by atoms with van der Waals surface area (Å²) in [6, 6.07) is 11.6. The number of nitrogens with one attached hydrogen (secondary N) is 1. The number of thiophene rings is 1. The van der Waals surface area contributed by atoms with Crippen LogP contribution in [0.5, 0.6) is 0 Å². The minimum Gasteiger partial charge on any atom is -0.481 e. The minimum atomic E-state index is -0.795. The molecule has 0 radical (unpaired) electrons. The molecule has 0 spiro atoms. The van der Waals surface area contributed by atoms with Crippen molar-refractivity contribution in [2.24, 2.45) is 0 Å². The van der Waals surface area contributed by atoms with Crippen molar-refractivity contribution in [3.05, 3.63) is 58.3 Å². The minimum absolute atomic E-state index is 0.164. The van der Waals surface area contributed by atoms with Gasteiger partial charge in [0, 0.05) is 12.6 Å². The average Bonchev–Trinajstić information content (AvgIpc) is 2.93. The number of hydrogen-bond acceptors (Lipinski definition) is 3. The van der Waals surface area contributed by atoms with E-state index >= 15 is 0 Å². The second-order valence-electron chi connectivity index (χ2n) is 4.49. The molecule has 0 saturated heterocycles. The highest BCUT2D eigenvalue weighted by Crippen LogP contribution is 2.19. The van der Waals surface area contributed by atoms with Crippen LogP contribution in [0.15, 0.2) is 47.2 Å².